The molecule has 0 spiro atoms. The number of hydrogen-bond donors (Lipinski definition) is 2. The topological polar surface area (TPSA) is 24.1 Å². The molecule has 0 atom stereocenters. The molecular formula is C7H7ClN2S. The van der Waals surface area contributed by atoms with E-state index in [4.69, 9.17) is 11.6 Å². The van der Waals surface area contributed by atoms with Gasteiger partial charge in [-0.1, -0.05) is 11.6 Å². The molecule has 0 aliphatic carbocycles. The number of hydrogen-bond acceptors (Lipinski definition) is 3. The smallest absolute Gasteiger partial charge is 0.0750 e. The molecule has 58 valence electrons. The predicted molar refractivity (Wildman–Crippen MR) is 48.9 cm³/mol. The van der Waals surface area contributed by atoms with Gasteiger partial charge in [-0.05, 0) is 30.1 Å². The summed E-state index contributed by atoms with van der Waals surface area (Å²) >= 11 is 7.41. The minimum Gasteiger partial charge on any atom is -0.371 e. The third-order valence-corrected chi connectivity index (χ3v) is 2.56. The van der Waals surface area contributed by atoms with E-state index in [9.17, 15) is 0 Å². The van der Waals surface area contributed by atoms with Gasteiger partial charge in [0.05, 0.1) is 12.4 Å². The van der Waals surface area contributed by atoms with Crippen molar-refractivity contribution in [2.75, 3.05) is 12.0 Å². The molecule has 0 fully saturated rings. The van der Waals surface area contributed by atoms with Crippen molar-refractivity contribution in [1.29, 1.82) is 0 Å². The van der Waals surface area contributed by atoms with Gasteiger partial charge >= 0.3 is 0 Å². The zero-order valence-corrected chi connectivity index (χ0v) is 7.30. The van der Waals surface area contributed by atoms with Crippen molar-refractivity contribution < 1.29 is 0 Å². The third-order valence-electron chi connectivity index (χ3n) is 1.48. The molecule has 2 nitrogen and oxygen atoms in total. The Balaban J connectivity index is 2.43. The monoisotopic (exact) mass is 186 g/mol. The fourth-order valence-electron chi connectivity index (χ4n) is 0.972. The Labute approximate surface area is 74.5 Å². The molecule has 0 aromatic heterocycles. The largest absolute Gasteiger partial charge is 0.371 e. The highest BCUT2D eigenvalue weighted by molar-refractivity contribution is 7.97. The molecule has 2 rings (SSSR count). The molecule has 1 aromatic carbocycles. The minimum absolute atomic E-state index is 0.779. The molecule has 0 amide bonds. The Morgan fingerprint density at radius 3 is 3.27 bits per heavy atom. The van der Waals surface area contributed by atoms with Gasteiger partial charge in [-0.15, -0.1) is 0 Å². The lowest BCUT2D eigenvalue weighted by atomic mass is 10.3. The second kappa shape index (κ2) is 2.93. The molecule has 1 aliphatic rings. The van der Waals surface area contributed by atoms with Gasteiger partial charge in [0.15, 0.2) is 0 Å². The van der Waals surface area contributed by atoms with E-state index in [1.54, 1.807) is 11.9 Å². The number of anilines is 1. The summed E-state index contributed by atoms with van der Waals surface area (Å²) < 4.78 is 3.12. The number of benzene rings is 1. The number of nitrogens with one attached hydrogen (secondary N) is 2. The second-order valence-corrected chi connectivity index (χ2v) is 3.61. The van der Waals surface area contributed by atoms with Crippen LogP contribution in [0.5, 0.6) is 0 Å². The summed E-state index contributed by atoms with van der Waals surface area (Å²) in [7, 11) is 0. The summed E-state index contributed by atoms with van der Waals surface area (Å²) in [6.45, 7) is 0.805. The van der Waals surface area contributed by atoms with E-state index >= 15 is 0 Å². The normalized spacial score (nSPS) is 15.4. The quantitative estimate of drug-likeness (QED) is 0.609. The van der Waals surface area contributed by atoms with E-state index in [-0.39, 0.29) is 0 Å². The van der Waals surface area contributed by atoms with E-state index in [0.717, 1.165) is 22.3 Å². The Kier molecular flexibility index (Phi) is 1.94. The molecule has 11 heavy (non-hydrogen) atoms. The zero-order valence-electron chi connectivity index (χ0n) is 5.73. The van der Waals surface area contributed by atoms with E-state index in [1.165, 1.54) is 0 Å². The highest BCUT2D eigenvalue weighted by atomic mass is 35.5. The highest BCUT2D eigenvalue weighted by Crippen LogP contribution is 2.30. The van der Waals surface area contributed by atoms with Crippen LogP contribution in [-0.4, -0.2) is 6.67 Å². The van der Waals surface area contributed by atoms with E-state index in [2.05, 4.69) is 10.0 Å². The van der Waals surface area contributed by atoms with Gasteiger partial charge in [0, 0.05) is 9.92 Å². The van der Waals surface area contributed by atoms with Crippen molar-refractivity contribution in [2.45, 2.75) is 4.90 Å². The highest BCUT2D eigenvalue weighted by Gasteiger charge is 2.07. The Hall–Kier alpha value is -0.380. The predicted octanol–water partition coefficient (Wildman–Crippen LogP) is 2.32. The standard InChI is InChI=1S/C7H7ClN2S/c8-5-1-2-6-7(3-5)11-10-4-9-6/h1-3,9-10H,4H2. The molecule has 1 aromatic rings. The summed E-state index contributed by atoms with van der Waals surface area (Å²) in [5, 5.41) is 3.98. The van der Waals surface area contributed by atoms with Crippen LogP contribution in [0.15, 0.2) is 23.1 Å². The van der Waals surface area contributed by atoms with Gasteiger partial charge in [0.2, 0.25) is 0 Å². The average molecular weight is 187 g/mol. The minimum atomic E-state index is 0.779. The van der Waals surface area contributed by atoms with Crippen molar-refractivity contribution in [3.63, 3.8) is 0 Å². The molecule has 0 saturated heterocycles. The molecular weight excluding hydrogens is 180 g/mol. The van der Waals surface area contributed by atoms with Crippen LogP contribution >= 0.6 is 23.5 Å². The molecule has 1 heterocycles. The summed E-state index contributed by atoms with van der Waals surface area (Å²) in [4.78, 5) is 1.16. The maximum atomic E-state index is 5.81. The van der Waals surface area contributed by atoms with Crippen LogP contribution in [0.1, 0.15) is 0 Å². The second-order valence-electron chi connectivity index (χ2n) is 2.24. The van der Waals surface area contributed by atoms with Crippen molar-refractivity contribution >= 4 is 29.2 Å². The molecule has 0 unspecified atom stereocenters. The Morgan fingerprint density at radius 2 is 2.36 bits per heavy atom. The van der Waals surface area contributed by atoms with Gasteiger partial charge in [0.25, 0.3) is 0 Å². The van der Waals surface area contributed by atoms with Crippen molar-refractivity contribution in [2.24, 2.45) is 0 Å². The first-order valence-corrected chi connectivity index (χ1v) is 4.49. The Morgan fingerprint density at radius 1 is 1.45 bits per heavy atom. The molecule has 4 heteroatoms. The zero-order chi connectivity index (χ0) is 7.68. The van der Waals surface area contributed by atoms with Crippen molar-refractivity contribution in [1.82, 2.24) is 4.72 Å². The van der Waals surface area contributed by atoms with Gasteiger partial charge in [0.1, 0.15) is 0 Å². The first kappa shape index (κ1) is 7.28. The summed E-state index contributed by atoms with van der Waals surface area (Å²) in [6, 6.07) is 5.82. The molecule has 2 N–H and O–H groups in total. The van der Waals surface area contributed by atoms with Gasteiger partial charge in [-0.3, -0.25) is 0 Å². The van der Waals surface area contributed by atoms with Crippen molar-refractivity contribution in [3.8, 4) is 0 Å². The van der Waals surface area contributed by atoms with Crippen LogP contribution in [0.25, 0.3) is 0 Å². The van der Waals surface area contributed by atoms with Crippen LogP contribution in [0, 0.1) is 0 Å². The lowest BCUT2D eigenvalue weighted by molar-refractivity contribution is 1.01. The molecule has 0 radical (unpaired) electrons. The van der Waals surface area contributed by atoms with Crippen LogP contribution in [0.3, 0.4) is 0 Å². The average Bonchev–Trinajstić information content (AvgIpc) is 2.04. The number of rotatable bonds is 0. The van der Waals surface area contributed by atoms with E-state index in [1.807, 2.05) is 18.2 Å². The van der Waals surface area contributed by atoms with Crippen LogP contribution in [0.2, 0.25) is 5.02 Å². The fourth-order valence-corrected chi connectivity index (χ4v) is 1.94. The summed E-state index contributed by atoms with van der Waals surface area (Å²) in [5.41, 5.74) is 1.15. The lowest BCUT2D eigenvalue weighted by Crippen LogP contribution is -2.19. The maximum absolute atomic E-state index is 5.81. The number of halogens is 1. The van der Waals surface area contributed by atoms with Crippen LogP contribution < -0.4 is 10.0 Å². The Bertz CT molecular complexity index is 277. The van der Waals surface area contributed by atoms with Gasteiger partial charge in [-0.2, -0.15) is 0 Å². The third kappa shape index (κ3) is 1.45. The lowest BCUT2D eigenvalue weighted by Gasteiger charge is -2.17. The SMILES string of the molecule is Clc1ccc2c(c1)SNCN2. The fraction of sp³-hybridized carbons (Fsp3) is 0.143. The van der Waals surface area contributed by atoms with Gasteiger partial charge < -0.3 is 5.32 Å². The summed E-state index contributed by atoms with van der Waals surface area (Å²) in [5.74, 6) is 0. The first-order chi connectivity index (χ1) is 5.36. The number of fused-ring (bicyclic) bond motifs is 1. The van der Waals surface area contributed by atoms with Crippen LogP contribution in [-0.2, 0) is 0 Å². The molecule has 0 bridgehead atoms. The van der Waals surface area contributed by atoms with Crippen LogP contribution in [0.4, 0.5) is 5.69 Å². The summed E-state index contributed by atoms with van der Waals surface area (Å²) in [6.07, 6.45) is 0. The molecule has 1 aliphatic heterocycles. The maximum Gasteiger partial charge on any atom is 0.0750 e. The van der Waals surface area contributed by atoms with E-state index < -0.39 is 0 Å². The van der Waals surface area contributed by atoms with Crippen molar-refractivity contribution in [3.05, 3.63) is 23.2 Å². The first-order valence-electron chi connectivity index (χ1n) is 3.29. The molecule has 0 saturated carbocycles. The van der Waals surface area contributed by atoms with Gasteiger partial charge in [-0.25, -0.2) is 4.72 Å². The van der Waals surface area contributed by atoms with E-state index in [0.29, 0.717) is 0 Å².